The maximum absolute atomic E-state index is 15.2. The Kier molecular flexibility index (Phi) is 28.6. The van der Waals surface area contributed by atoms with Gasteiger partial charge in [-0.15, -0.1) is 6.71 Å². The molecular formula is C57H86B3N15O21-. The molecule has 19 atom stereocenters. The van der Waals surface area contributed by atoms with E-state index in [9.17, 15) is 74.4 Å². The van der Waals surface area contributed by atoms with Crippen molar-refractivity contribution in [1.29, 1.82) is 0 Å². The van der Waals surface area contributed by atoms with Crippen LogP contribution in [0.4, 0.5) is 10.6 Å². The second kappa shape index (κ2) is 35.5. The fourth-order valence-electron chi connectivity index (χ4n) is 10.8. The third-order valence-electron chi connectivity index (χ3n) is 16.6. The lowest BCUT2D eigenvalue weighted by Crippen LogP contribution is -2.65. The SMILES string of the molecule is C[B-](C)CCCNC(=O)C1=C[B]C(C2=C[B]C(CCNC(=O)[C@@H](CC(=O)[C@@H](C)[C@H](O)[C@@H](C)NC(=O)[C@@H](NC(=O)c3nc([C@@H](CC[C@H](N)C(N)=O)CC(N)=O)nc(N)c3C)[C@@H](OC3OC(CO)C(O)C(O)C3OC3OC(CO)C(O)C(OC(N)=O)C3O)c3cnc[nH]3)[C@@H](C)O)=N2)=N1. The quantitative estimate of drug-likeness (QED) is 0.0223. The number of nitrogens with one attached hydrogen (secondary N) is 5. The van der Waals surface area contributed by atoms with Crippen molar-refractivity contribution in [2.75, 3.05) is 32.0 Å². The number of allylic oxidation sites excluding steroid dienone is 1. The van der Waals surface area contributed by atoms with E-state index in [0.717, 1.165) is 25.3 Å². The van der Waals surface area contributed by atoms with Crippen LogP contribution in [0.3, 0.4) is 0 Å². The number of aliphatic hydroxyl groups excluding tert-OH is 8. The Morgan fingerprint density at radius 1 is 0.802 bits per heavy atom. The molecule has 6 heterocycles. The number of Topliss-reactive ketones (excluding diaryl/α,β-unsaturated/α-hetero) is 1. The minimum atomic E-state index is -2.19. The lowest BCUT2D eigenvalue weighted by Gasteiger charge is -2.47. The predicted molar refractivity (Wildman–Crippen MR) is 340 cm³/mol. The van der Waals surface area contributed by atoms with Gasteiger partial charge in [-0.3, -0.25) is 43.5 Å². The summed E-state index contributed by atoms with van der Waals surface area (Å²) in [5.41, 5.74) is 29.4. The van der Waals surface area contributed by atoms with Gasteiger partial charge >= 0.3 is 6.09 Å². The normalized spacial score (nSPS) is 25.3. The van der Waals surface area contributed by atoms with Gasteiger partial charge in [0.2, 0.25) is 38.2 Å². The van der Waals surface area contributed by atoms with E-state index in [-0.39, 0.29) is 60.3 Å². The number of imidazole rings is 1. The van der Waals surface area contributed by atoms with E-state index in [0.29, 0.717) is 30.2 Å². The molecule has 0 spiro atoms. The lowest BCUT2D eigenvalue weighted by atomic mass is 9.51. The molecule has 36 nitrogen and oxygen atoms in total. The van der Waals surface area contributed by atoms with Crippen molar-refractivity contribution in [3.05, 3.63) is 58.6 Å². The smallest absolute Gasteiger partial charge is 0.404 e. The first-order chi connectivity index (χ1) is 45.3. The Morgan fingerprint density at radius 3 is 2.11 bits per heavy atom. The zero-order chi connectivity index (χ0) is 71.0. The number of anilines is 1. The maximum Gasteiger partial charge on any atom is 0.404 e. The summed E-state index contributed by atoms with van der Waals surface area (Å²) in [6.45, 7) is 8.46. The number of primary amides is 3. The van der Waals surface area contributed by atoms with E-state index >= 15 is 4.79 Å². The first-order valence-electron chi connectivity index (χ1n) is 31.2. The first kappa shape index (κ1) is 77.4. The molecule has 0 aromatic carbocycles. The van der Waals surface area contributed by atoms with Gasteiger partial charge in [-0.2, -0.15) is 0 Å². The van der Waals surface area contributed by atoms with Gasteiger partial charge in [0, 0.05) is 48.9 Å². The fraction of sp³-hybridized carbons (Fsp3) is 0.632. The minimum absolute atomic E-state index is 0.0234. The van der Waals surface area contributed by atoms with Gasteiger partial charge in [0.25, 0.3) is 11.8 Å². The molecule has 4 aliphatic rings. The Hall–Kier alpha value is -7.66. The number of aliphatic hydroxyl groups is 8. The van der Waals surface area contributed by atoms with Gasteiger partial charge in [0.15, 0.2) is 18.7 Å². The van der Waals surface area contributed by atoms with Crippen LogP contribution in [0.2, 0.25) is 20.0 Å². The summed E-state index contributed by atoms with van der Waals surface area (Å²) >= 11 is 0. The van der Waals surface area contributed by atoms with Crippen molar-refractivity contribution < 1.29 is 103 Å². The van der Waals surface area contributed by atoms with Crippen molar-refractivity contribution in [2.45, 2.75) is 190 Å². The van der Waals surface area contributed by atoms with Crippen LogP contribution in [0.1, 0.15) is 98.9 Å². The Balaban J connectivity index is 1.25. The van der Waals surface area contributed by atoms with Gasteiger partial charge in [-0.05, 0) is 45.6 Å². The van der Waals surface area contributed by atoms with Crippen molar-refractivity contribution >= 4 is 85.6 Å². The zero-order valence-electron chi connectivity index (χ0n) is 53.8. The van der Waals surface area contributed by atoms with Crippen molar-refractivity contribution in [3.63, 3.8) is 0 Å². The summed E-state index contributed by atoms with van der Waals surface area (Å²) in [7, 11) is 3.39. The number of ether oxygens (including phenoxy) is 5. The van der Waals surface area contributed by atoms with E-state index < -0.39 is 189 Å². The van der Waals surface area contributed by atoms with Gasteiger partial charge in [0.1, 0.15) is 83.7 Å². The molecule has 6 rings (SSSR count). The summed E-state index contributed by atoms with van der Waals surface area (Å²) < 4.78 is 28.8. The number of nitrogens with zero attached hydrogens (tertiary/aromatic N) is 5. The average molecular weight is 1350 g/mol. The highest BCUT2D eigenvalue weighted by Crippen LogP contribution is 2.35. The highest BCUT2D eigenvalue weighted by atomic mass is 16.8. The lowest BCUT2D eigenvalue weighted by molar-refractivity contribution is -0.372. The molecule has 3 radical (unpaired) electrons. The summed E-state index contributed by atoms with van der Waals surface area (Å²) in [4.78, 5) is 131. The van der Waals surface area contributed by atoms with Crippen LogP contribution in [0.5, 0.6) is 0 Å². The molecule has 0 bridgehead atoms. The summed E-state index contributed by atoms with van der Waals surface area (Å²) in [5, 5.41) is 98.7. The zero-order valence-corrected chi connectivity index (χ0v) is 53.8. The number of amides is 7. The molecular weight excluding hydrogens is 1260 g/mol. The van der Waals surface area contributed by atoms with E-state index in [4.69, 9.17) is 52.4 Å². The van der Waals surface area contributed by atoms with Crippen molar-refractivity contribution in [2.24, 2.45) is 44.8 Å². The number of nitrogens with two attached hydrogens (primary N) is 5. The molecule has 39 heteroatoms. The molecule has 2 saturated heterocycles. The molecule has 7 amide bonds. The Morgan fingerprint density at radius 2 is 1.49 bits per heavy atom. The number of carbonyl (C=O) groups is 8. The molecule has 2 fully saturated rings. The Bertz CT molecular complexity index is 3200. The number of hydrogen-bond donors (Lipinski definition) is 18. The topological polar surface area (TPSA) is 602 Å². The van der Waals surface area contributed by atoms with Crippen LogP contribution in [0.15, 0.2) is 45.9 Å². The van der Waals surface area contributed by atoms with Crippen LogP contribution >= 0.6 is 0 Å². The summed E-state index contributed by atoms with van der Waals surface area (Å²) in [6.07, 6.45) is -23.6. The highest BCUT2D eigenvalue weighted by Gasteiger charge is 2.54. The number of aromatic amines is 1. The predicted octanol–water partition coefficient (Wildman–Crippen LogP) is -6.63. The third kappa shape index (κ3) is 20.5. The van der Waals surface area contributed by atoms with Crippen LogP contribution in [0, 0.1) is 18.8 Å². The summed E-state index contributed by atoms with van der Waals surface area (Å²) in [5.74, 6) is -6.91. The molecule has 525 valence electrons. The molecule has 0 aliphatic carbocycles. The molecule has 10 unspecified atom stereocenters. The number of rotatable bonds is 36. The van der Waals surface area contributed by atoms with Gasteiger partial charge in [-0.1, -0.05) is 25.3 Å². The second-order valence-electron chi connectivity index (χ2n) is 24.3. The largest absolute Gasteiger partial charge is 0.441 e. The van der Waals surface area contributed by atoms with Gasteiger partial charge in [-0.25, -0.2) is 39.7 Å². The first-order valence-corrected chi connectivity index (χ1v) is 31.2. The van der Waals surface area contributed by atoms with Crippen molar-refractivity contribution in [3.8, 4) is 0 Å². The minimum Gasteiger partial charge on any atom is -0.441 e. The monoisotopic (exact) mass is 1350 g/mol. The van der Waals surface area contributed by atoms with Crippen LogP contribution < -0.4 is 49.9 Å². The maximum atomic E-state index is 15.2. The van der Waals surface area contributed by atoms with Crippen LogP contribution in [-0.4, -0.2) is 259 Å². The number of hydrogen-bond acceptors (Lipinski definition) is 28. The summed E-state index contributed by atoms with van der Waals surface area (Å²) in [6, 6.07) is -4.79. The number of aliphatic imine (C=N–C) groups is 2. The molecule has 96 heavy (non-hydrogen) atoms. The van der Waals surface area contributed by atoms with E-state index in [1.165, 1.54) is 27.7 Å². The third-order valence-corrected chi connectivity index (χ3v) is 16.6. The molecule has 4 aliphatic heterocycles. The molecule has 0 saturated carbocycles. The molecule has 2 aromatic heterocycles. The fourth-order valence-corrected chi connectivity index (χ4v) is 10.8. The second-order valence-corrected chi connectivity index (χ2v) is 24.3. The van der Waals surface area contributed by atoms with Gasteiger partial charge < -0.3 is 119 Å². The number of ketones is 1. The van der Waals surface area contributed by atoms with E-state index in [1.807, 2.05) is 0 Å². The number of carbonyl (C=O) groups excluding carboxylic acids is 8. The van der Waals surface area contributed by atoms with Crippen LogP contribution in [0.25, 0.3) is 0 Å². The Labute approximate surface area is 553 Å². The molecule has 23 N–H and O–H groups in total. The van der Waals surface area contributed by atoms with E-state index in [2.05, 4.69) is 64.8 Å². The average Bonchev–Trinajstić information content (AvgIpc) is 0.869. The number of nitrogen functional groups attached to an aromatic ring is 1. The number of H-pyrrole nitrogens is 1. The van der Waals surface area contributed by atoms with E-state index in [1.54, 1.807) is 26.5 Å². The van der Waals surface area contributed by atoms with Crippen LogP contribution in [-0.2, 0) is 52.5 Å². The van der Waals surface area contributed by atoms with Crippen molar-refractivity contribution in [1.82, 2.24) is 41.2 Å². The highest BCUT2D eigenvalue weighted by molar-refractivity contribution is 6.87. The molecule has 2 aromatic rings. The van der Waals surface area contributed by atoms with Gasteiger partial charge in [0.05, 0.1) is 67.3 Å². The number of aromatic nitrogens is 4. The standard InChI is InChI=1S/C57H86B3N15O21/c1-22(32(79)15-27(25(4)78)51(87)68-13-10-35-58-16-29(71-35)47-59-17-30(72-47)52(88)67-12-7-11-60(5)6)39(81)24(3)70-54(90)38(74-53(89)37-23(2)48(63)75-50(73-37)26(14-36(62)80)8-9-28(61)49(64)86)44(31-18-66-21-69-31)94-56-46(42(84)40(82)33(19-76)93-56)95-55-43(85)45(96-57(65)91)41(83)34(20-77)92-55/h16-18,21-22,24-28,33-34,38-46,55-56,76-78,81-85H,7-15,19-20,61H2,1-6H3,(H2,62,80)(H2,64,86)(H2,65,91)(H,66,69)(H,67,88)(H,68,87)(H,70,90)(H,74,89)(H2,63,73,75)/q-1/t22-,24-,25-,26+,27+,28+,33?,34?,38+,39+,40?,41?,42?,43?,44+,45?,46?,55?,56?/m1/s1.